The molecule has 2 aromatic rings. The maximum Gasteiger partial charge on any atom is 0.205 e. The normalized spacial score (nSPS) is 9.85. The number of anilines is 1. The van der Waals surface area contributed by atoms with Crippen LogP contribution in [0.2, 0.25) is 0 Å². The molecule has 0 aliphatic heterocycles. The van der Waals surface area contributed by atoms with Crippen LogP contribution in [0, 0.1) is 0 Å². The molecule has 0 unspecified atom stereocenters. The average molecular weight is 210 g/mol. The second-order valence-electron chi connectivity index (χ2n) is 2.27. The van der Waals surface area contributed by atoms with Crippen molar-refractivity contribution in [2.45, 2.75) is 0 Å². The topological polar surface area (TPSA) is 53.6 Å². The van der Waals surface area contributed by atoms with Crippen LogP contribution >= 0.6 is 23.6 Å². The van der Waals surface area contributed by atoms with E-state index < -0.39 is 0 Å². The van der Waals surface area contributed by atoms with Gasteiger partial charge >= 0.3 is 0 Å². The monoisotopic (exact) mass is 210 g/mol. The summed E-state index contributed by atoms with van der Waals surface area (Å²) in [6.07, 6.45) is 3.39. The first-order valence-electron chi connectivity index (χ1n) is 3.55. The number of nitrogens with zero attached hydrogens (tertiary/aromatic N) is 2. The van der Waals surface area contributed by atoms with Crippen molar-refractivity contribution in [2.75, 3.05) is 5.32 Å². The van der Waals surface area contributed by atoms with Crippen LogP contribution in [0.25, 0.3) is 0 Å². The lowest BCUT2D eigenvalue weighted by Gasteiger charge is -1.99. The zero-order chi connectivity index (χ0) is 9.10. The molecule has 0 radical (unpaired) electrons. The maximum atomic E-state index is 5.10. The first kappa shape index (κ1) is 8.33. The van der Waals surface area contributed by atoms with Gasteiger partial charge in [-0.1, -0.05) is 12.2 Å². The Labute approximate surface area is 84.1 Å². The van der Waals surface area contributed by atoms with Gasteiger partial charge in [0.15, 0.2) is 0 Å². The SMILES string of the molecule is S=C(Nc1ncc[nH]1)c1cscn1. The lowest BCUT2D eigenvalue weighted by molar-refractivity contribution is 1.30. The van der Waals surface area contributed by atoms with Gasteiger partial charge in [0.05, 0.1) is 5.51 Å². The lowest BCUT2D eigenvalue weighted by Crippen LogP contribution is -2.11. The minimum atomic E-state index is 0.580. The molecular weight excluding hydrogens is 204 g/mol. The van der Waals surface area contributed by atoms with Gasteiger partial charge in [-0.25, -0.2) is 9.97 Å². The molecule has 2 N–H and O–H groups in total. The predicted octanol–water partition coefficient (Wildman–Crippen LogP) is 1.65. The smallest absolute Gasteiger partial charge is 0.205 e. The summed E-state index contributed by atoms with van der Waals surface area (Å²) in [5.41, 5.74) is 2.52. The molecule has 6 heteroatoms. The number of thiazole rings is 1. The number of hydrogen-bond donors (Lipinski definition) is 2. The zero-order valence-corrected chi connectivity index (χ0v) is 8.15. The highest BCUT2D eigenvalue weighted by Crippen LogP contribution is 2.05. The molecule has 2 rings (SSSR count). The quantitative estimate of drug-likeness (QED) is 0.740. The Balaban J connectivity index is 2.08. The van der Waals surface area contributed by atoms with Gasteiger partial charge in [-0.05, 0) is 0 Å². The predicted molar refractivity (Wildman–Crippen MR) is 56.0 cm³/mol. The minimum absolute atomic E-state index is 0.580. The van der Waals surface area contributed by atoms with E-state index in [0.717, 1.165) is 5.69 Å². The standard InChI is InChI=1S/C7H6N4S2/c12-6(5-3-13-4-10-5)11-7-8-1-2-9-7/h1-4H,(H2,8,9,11,12). The molecule has 2 heterocycles. The second-order valence-corrected chi connectivity index (χ2v) is 3.39. The van der Waals surface area contributed by atoms with Crippen molar-refractivity contribution in [1.29, 1.82) is 0 Å². The van der Waals surface area contributed by atoms with Crippen molar-refractivity contribution in [2.24, 2.45) is 0 Å². The summed E-state index contributed by atoms with van der Waals surface area (Å²) >= 11 is 6.61. The van der Waals surface area contributed by atoms with Crippen LogP contribution in [0.1, 0.15) is 5.69 Å². The van der Waals surface area contributed by atoms with E-state index in [1.807, 2.05) is 5.38 Å². The van der Waals surface area contributed by atoms with Crippen molar-refractivity contribution in [3.63, 3.8) is 0 Å². The summed E-state index contributed by atoms with van der Waals surface area (Å²) in [6, 6.07) is 0. The molecule has 66 valence electrons. The van der Waals surface area contributed by atoms with Gasteiger partial charge in [-0.15, -0.1) is 11.3 Å². The zero-order valence-electron chi connectivity index (χ0n) is 6.52. The van der Waals surface area contributed by atoms with Gasteiger partial charge in [0.25, 0.3) is 0 Å². The van der Waals surface area contributed by atoms with E-state index in [9.17, 15) is 0 Å². The fraction of sp³-hybridized carbons (Fsp3) is 0. The number of aromatic nitrogens is 3. The Morgan fingerprint density at radius 1 is 1.54 bits per heavy atom. The van der Waals surface area contributed by atoms with Crippen LogP contribution < -0.4 is 5.32 Å². The summed E-state index contributed by atoms with van der Waals surface area (Å²) in [4.78, 5) is 11.5. The summed E-state index contributed by atoms with van der Waals surface area (Å²) in [7, 11) is 0. The first-order valence-corrected chi connectivity index (χ1v) is 4.90. The Morgan fingerprint density at radius 3 is 3.08 bits per heavy atom. The number of nitrogens with one attached hydrogen (secondary N) is 2. The number of imidazole rings is 1. The van der Waals surface area contributed by atoms with Crippen LogP contribution in [-0.2, 0) is 0 Å². The number of hydrogen-bond acceptors (Lipinski definition) is 4. The van der Waals surface area contributed by atoms with Gasteiger partial charge < -0.3 is 10.3 Å². The van der Waals surface area contributed by atoms with Crippen LogP contribution in [0.4, 0.5) is 5.95 Å². The lowest BCUT2D eigenvalue weighted by atomic mass is 10.5. The summed E-state index contributed by atoms with van der Waals surface area (Å²) in [5, 5.41) is 4.82. The molecule has 0 amide bonds. The molecule has 0 atom stereocenters. The third-order valence-corrected chi connectivity index (χ3v) is 2.29. The number of thiocarbonyl (C=S) groups is 1. The summed E-state index contributed by atoms with van der Waals surface area (Å²) in [6.45, 7) is 0. The fourth-order valence-corrected chi connectivity index (χ4v) is 1.66. The highest BCUT2D eigenvalue weighted by molar-refractivity contribution is 7.81. The maximum absolute atomic E-state index is 5.10. The molecule has 0 aliphatic carbocycles. The third kappa shape index (κ3) is 1.90. The van der Waals surface area contributed by atoms with E-state index in [2.05, 4.69) is 20.3 Å². The molecule has 0 aliphatic rings. The van der Waals surface area contributed by atoms with Crippen LogP contribution in [-0.4, -0.2) is 19.9 Å². The Bertz CT molecular complexity index is 379. The molecule has 0 bridgehead atoms. The molecule has 4 nitrogen and oxygen atoms in total. The van der Waals surface area contributed by atoms with E-state index in [1.54, 1.807) is 17.9 Å². The van der Waals surface area contributed by atoms with Crippen molar-refractivity contribution in [1.82, 2.24) is 15.0 Å². The van der Waals surface area contributed by atoms with Gasteiger partial charge in [-0.2, -0.15) is 0 Å². The first-order chi connectivity index (χ1) is 6.36. The second kappa shape index (κ2) is 3.63. The summed E-state index contributed by atoms with van der Waals surface area (Å²) < 4.78 is 0. The minimum Gasteiger partial charge on any atom is -0.331 e. The third-order valence-electron chi connectivity index (χ3n) is 1.40. The molecular formula is C7H6N4S2. The Hall–Kier alpha value is -1.27. The molecule has 0 saturated carbocycles. The van der Waals surface area contributed by atoms with Crippen molar-refractivity contribution in [3.8, 4) is 0 Å². The Kier molecular flexibility index (Phi) is 2.33. The molecule has 13 heavy (non-hydrogen) atoms. The highest BCUT2D eigenvalue weighted by atomic mass is 32.1. The molecule has 0 spiro atoms. The molecule has 0 saturated heterocycles. The van der Waals surface area contributed by atoms with Crippen LogP contribution in [0.3, 0.4) is 0 Å². The van der Waals surface area contributed by atoms with Crippen LogP contribution in [0.5, 0.6) is 0 Å². The number of aromatic amines is 1. The number of rotatable bonds is 2. The fourth-order valence-electron chi connectivity index (χ4n) is 0.830. The van der Waals surface area contributed by atoms with E-state index in [1.165, 1.54) is 11.3 Å². The number of H-pyrrole nitrogens is 1. The van der Waals surface area contributed by atoms with Crippen molar-refractivity contribution >= 4 is 34.5 Å². The van der Waals surface area contributed by atoms with Gasteiger partial charge in [0.2, 0.25) is 5.95 Å². The molecule has 0 fully saturated rings. The van der Waals surface area contributed by atoms with E-state index >= 15 is 0 Å². The molecule has 2 aromatic heterocycles. The van der Waals surface area contributed by atoms with Crippen molar-refractivity contribution in [3.05, 3.63) is 29.0 Å². The largest absolute Gasteiger partial charge is 0.331 e. The highest BCUT2D eigenvalue weighted by Gasteiger charge is 2.03. The van der Waals surface area contributed by atoms with Crippen molar-refractivity contribution < 1.29 is 0 Å². The van der Waals surface area contributed by atoms with Gasteiger partial charge in [-0.3, -0.25) is 0 Å². The summed E-state index contributed by atoms with van der Waals surface area (Å²) in [5.74, 6) is 0.637. The average Bonchev–Trinajstić information content (AvgIpc) is 2.74. The van der Waals surface area contributed by atoms with E-state index in [-0.39, 0.29) is 0 Å². The van der Waals surface area contributed by atoms with Gasteiger partial charge in [0, 0.05) is 17.8 Å². The molecule has 0 aromatic carbocycles. The van der Waals surface area contributed by atoms with Crippen LogP contribution in [0.15, 0.2) is 23.3 Å². The van der Waals surface area contributed by atoms with Gasteiger partial charge in [0.1, 0.15) is 10.7 Å². The van der Waals surface area contributed by atoms with E-state index in [4.69, 9.17) is 12.2 Å². The Morgan fingerprint density at radius 2 is 2.46 bits per heavy atom. The van der Waals surface area contributed by atoms with E-state index in [0.29, 0.717) is 10.9 Å².